The summed E-state index contributed by atoms with van der Waals surface area (Å²) >= 11 is 0.125. The van der Waals surface area contributed by atoms with Crippen molar-refractivity contribution in [2.24, 2.45) is 0 Å². The first kappa shape index (κ1) is 16.7. The predicted octanol–water partition coefficient (Wildman–Crippen LogP) is -1.31. The van der Waals surface area contributed by atoms with Crippen molar-refractivity contribution in [2.75, 3.05) is 0 Å². The Morgan fingerprint density at radius 3 is 1.25 bits per heavy atom. The van der Waals surface area contributed by atoms with Gasteiger partial charge in [0.2, 0.25) is 0 Å². The van der Waals surface area contributed by atoms with Crippen LogP contribution in [0.3, 0.4) is 0 Å². The predicted molar refractivity (Wildman–Crippen MR) is 10.6 cm³/mol. The zero-order valence-corrected chi connectivity index (χ0v) is 6.14. The van der Waals surface area contributed by atoms with E-state index in [-0.39, 0.29) is 65.8 Å². The van der Waals surface area contributed by atoms with Crippen molar-refractivity contribution in [1.29, 1.82) is 0 Å². The third-order valence-corrected chi connectivity index (χ3v) is 0. The van der Waals surface area contributed by atoms with Gasteiger partial charge in [0.25, 0.3) is 0 Å². The summed E-state index contributed by atoms with van der Waals surface area (Å²) in [4.78, 5) is 0. The van der Waals surface area contributed by atoms with E-state index < -0.39 is 0 Å². The van der Waals surface area contributed by atoms with Crippen molar-refractivity contribution in [3.8, 4) is 0 Å². The molecule has 0 aromatic carbocycles. The Bertz CT molecular complexity index is 8.00. The molecule has 4 heteroatoms. The summed E-state index contributed by atoms with van der Waals surface area (Å²) in [5.74, 6) is 0. The van der Waals surface area contributed by atoms with E-state index in [1.54, 1.807) is 0 Å². The van der Waals surface area contributed by atoms with Gasteiger partial charge in [0, 0.05) is 21.7 Å². The fraction of sp³-hybridized carbons (Fsp3) is 0. The first-order valence-electron chi connectivity index (χ1n) is 0.289. The largest absolute Gasteiger partial charge is 0 e. The van der Waals surface area contributed by atoms with E-state index in [9.17, 15) is 0 Å². The van der Waals surface area contributed by atoms with Gasteiger partial charge in [-0.2, -0.15) is 0 Å². The second-order valence-electron chi connectivity index (χ2n) is 0. The molecular formula is H3InOTiZn. The second-order valence-corrected chi connectivity index (χ2v) is 0. The van der Waals surface area contributed by atoms with Gasteiger partial charge in [-0.3, -0.25) is 0 Å². The van der Waals surface area contributed by atoms with Crippen LogP contribution in [0.1, 0.15) is 0 Å². The molecule has 1 nitrogen and oxygen atoms in total. The summed E-state index contributed by atoms with van der Waals surface area (Å²) in [6.07, 6.45) is 0. The summed E-state index contributed by atoms with van der Waals surface area (Å²) in [5.41, 5.74) is 0. The van der Waals surface area contributed by atoms with Crippen molar-refractivity contribution in [3.63, 3.8) is 0 Å². The molecule has 0 unspecified atom stereocenters. The molecule has 0 bridgehead atoms. The molecule has 0 radical (unpaired) electrons. The summed E-state index contributed by atoms with van der Waals surface area (Å²) in [6.45, 7) is 0. The third-order valence-electron chi connectivity index (χ3n) is 0. The van der Waals surface area contributed by atoms with E-state index in [1.165, 1.54) is 0 Å². The van der Waals surface area contributed by atoms with Crippen LogP contribution in [-0.2, 0) is 43.5 Å². The SMILES string of the molecule is [InH3].[O]=[Zn].[Ti]. The quantitative estimate of drug-likeness (QED) is 0.486. The zero-order valence-electron chi connectivity index (χ0n) is 1.62. The van der Waals surface area contributed by atoms with Gasteiger partial charge in [-0.1, -0.05) is 0 Å². The average Bonchev–Trinajstić information content (AvgIpc) is 1.00. The van der Waals surface area contributed by atoms with Crippen LogP contribution in [-0.4, -0.2) is 25.8 Å². The van der Waals surface area contributed by atoms with Gasteiger partial charge in [-0.05, 0) is 0 Å². The Morgan fingerprint density at radius 2 is 1.25 bits per heavy atom. The minimum Gasteiger partial charge on any atom is 0 e. The maximum Gasteiger partial charge on any atom is 0 e. The van der Waals surface area contributed by atoms with Crippen molar-refractivity contribution >= 4 is 25.8 Å². The number of rotatable bonds is 0. The second kappa shape index (κ2) is 20.0. The molecule has 0 N–H and O–H groups in total. The maximum absolute atomic E-state index is 8.38. The molecule has 0 aromatic heterocycles. The molecule has 0 saturated carbocycles. The van der Waals surface area contributed by atoms with Crippen LogP contribution in [0.25, 0.3) is 0 Å². The van der Waals surface area contributed by atoms with Gasteiger partial charge < -0.3 is 0 Å². The Labute approximate surface area is 68.5 Å². The van der Waals surface area contributed by atoms with Crippen LogP contribution in [0, 0.1) is 0 Å². The molecule has 0 rings (SSSR count). The molecular weight excluding hydrogens is 244 g/mol. The van der Waals surface area contributed by atoms with Gasteiger partial charge in [0.15, 0.2) is 0 Å². The molecule has 18 valence electrons. The molecule has 0 aliphatic rings. The van der Waals surface area contributed by atoms with E-state index in [1.807, 2.05) is 0 Å². The first-order valence-corrected chi connectivity index (χ1v) is 1.50. The molecule has 0 atom stereocenters. The van der Waals surface area contributed by atoms with Crippen LogP contribution < -0.4 is 0 Å². The molecule has 0 saturated heterocycles. The van der Waals surface area contributed by atoms with Crippen LogP contribution in [0.15, 0.2) is 0 Å². The number of hydrogen-bond acceptors (Lipinski definition) is 1. The van der Waals surface area contributed by atoms with Gasteiger partial charge in [-0.25, -0.2) is 0 Å². The topological polar surface area (TPSA) is 17.1 Å². The maximum atomic E-state index is 8.38. The van der Waals surface area contributed by atoms with E-state index in [4.69, 9.17) is 3.57 Å². The first-order chi connectivity index (χ1) is 1.00. The van der Waals surface area contributed by atoms with E-state index in [0.29, 0.717) is 0 Å². The van der Waals surface area contributed by atoms with Crippen LogP contribution >= 0.6 is 0 Å². The molecule has 0 fully saturated rings. The monoisotopic (exact) mass is 246 g/mol. The van der Waals surface area contributed by atoms with Gasteiger partial charge in [-0.15, -0.1) is 0 Å². The van der Waals surface area contributed by atoms with Crippen molar-refractivity contribution in [1.82, 2.24) is 0 Å². The fourth-order valence-electron chi connectivity index (χ4n) is 0. The minimum absolute atomic E-state index is 0. The Morgan fingerprint density at radius 1 is 1.25 bits per heavy atom. The van der Waals surface area contributed by atoms with E-state index in [0.717, 1.165) is 0 Å². The molecule has 0 spiro atoms. The Kier molecular flexibility index (Phi) is 83.1. The Balaban J connectivity index is -0.00000000500. The van der Waals surface area contributed by atoms with E-state index >= 15 is 0 Å². The normalized spacial score (nSPS) is 1.50. The fourth-order valence-corrected chi connectivity index (χ4v) is 0. The van der Waals surface area contributed by atoms with Gasteiger partial charge >= 0.3 is 47.7 Å². The minimum atomic E-state index is 0. The molecule has 0 aromatic rings. The molecule has 0 amide bonds. The summed E-state index contributed by atoms with van der Waals surface area (Å²) in [7, 11) is 0. The van der Waals surface area contributed by atoms with Crippen LogP contribution in [0.5, 0.6) is 0 Å². The van der Waals surface area contributed by atoms with Crippen LogP contribution in [0.4, 0.5) is 0 Å². The molecule has 0 aliphatic carbocycles. The van der Waals surface area contributed by atoms with Crippen molar-refractivity contribution < 1.29 is 43.5 Å². The van der Waals surface area contributed by atoms with Crippen molar-refractivity contribution in [2.45, 2.75) is 0 Å². The summed E-state index contributed by atoms with van der Waals surface area (Å²) in [5, 5.41) is 0. The smallest absolute Gasteiger partial charge is 0 e. The van der Waals surface area contributed by atoms with Gasteiger partial charge in [0.1, 0.15) is 0 Å². The standard InChI is InChI=1S/In.O.Ti.Zn.3H. The Hall–Kier alpha value is 2.01. The van der Waals surface area contributed by atoms with Gasteiger partial charge in [0.05, 0.1) is 0 Å². The van der Waals surface area contributed by atoms with E-state index in [2.05, 4.69) is 0 Å². The average molecular weight is 247 g/mol. The summed E-state index contributed by atoms with van der Waals surface area (Å²) in [6, 6.07) is 0. The van der Waals surface area contributed by atoms with Crippen molar-refractivity contribution in [3.05, 3.63) is 0 Å². The molecule has 0 aliphatic heterocycles. The summed E-state index contributed by atoms with van der Waals surface area (Å²) < 4.78 is 8.38. The number of hydrogen-bond donors (Lipinski definition) is 0. The van der Waals surface area contributed by atoms with Crippen LogP contribution in [0.2, 0.25) is 0 Å². The zero-order chi connectivity index (χ0) is 2.00. The molecule has 0 heterocycles. The third kappa shape index (κ3) is 8.99. The molecule has 4 heavy (non-hydrogen) atoms.